The molecule has 5 aliphatic rings. The number of para-hydroxylation sites is 1. The van der Waals surface area contributed by atoms with Crippen molar-refractivity contribution in [1.82, 2.24) is 44.4 Å². The molecule has 3 aliphatic heterocycles. The van der Waals surface area contributed by atoms with Gasteiger partial charge in [0.15, 0.2) is 11.3 Å². The molecule has 5 fully saturated rings. The maximum absolute atomic E-state index is 15.6. The van der Waals surface area contributed by atoms with Crippen molar-refractivity contribution in [2.75, 3.05) is 56.2 Å². The minimum atomic E-state index is -2.96. The Labute approximate surface area is 381 Å². The topological polar surface area (TPSA) is 166 Å². The lowest BCUT2D eigenvalue weighted by Gasteiger charge is -2.38. The number of anilines is 2. The van der Waals surface area contributed by atoms with Crippen molar-refractivity contribution in [1.29, 1.82) is 0 Å². The molecular weight excluding hydrogens is 882 g/mol. The van der Waals surface area contributed by atoms with Gasteiger partial charge in [-0.2, -0.15) is 15.3 Å². The Hall–Kier alpha value is -5.98. The van der Waals surface area contributed by atoms with Gasteiger partial charge in [-0.05, 0) is 69.4 Å². The number of fused-ring (bicyclic) bond motifs is 2. The van der Waals surface area contributed by atoms with E-state index in [2.05, 4.69) is 42.6 Å². The van der Waals surface area contributed by atoms with Gasteiger partial charge in [-0.15, -0.1) is 0 Å². The van der Waals surface area contributed by atoms with Crippen molar-refractivity contribution in [3.05, 3.63) is 65.4 Å². The van der Waals surface area contributed by atoms with Crippen LogP contribution < -0.4 is 15.5 Å². The number of benzene rings is 1. The van der Waals surface area contributed by atoms with Gasteiger partial charge in [-0.3, -0.25) is 34.0 Å². The third kappa shape index (κ3) is 9.48. The minimum absolute atomic E-state index is 0.0141. The van der Waals surface area contributed by atoms with Crippen LogP contribution in [0.25, 0.3) is 16.6 Å². The lowest BCUT2D eigenvalue weighted by molar-refractivity contribution is -0.134. The predicted molar refractivity (Wildman–Crippen MR) is 233 cm³/mol. The molecule has 3 saturated heterocycles. The average molecular weight is 932 g/mol. The average Bonchev–Trinajstić information content (AvgIpc) is 3.74. The number of aromatic nitrogens is 7. The lowest BCUT2D eigenvalue weighted by Crippen LogP contribution is -2.47. The lowest BCUT2D eigenvalue weighted by atomic mass is 9.85. The number of carbonyl (C=O) groups excluding carboxylic acids is 3. The van der Waals surface area contributed by atoms with Gasteiger partial charge in [0.05, 0.1) is 65.9 Å². The molecule has 0 radical (unpaired) electrons. The van der Waals surface area contributed by atoms with Crippen LogP contribution in [0.2, 0.25) is 0 Å². The van der Waals surface area contributed by atoms with E-state index in [1.54, 1.807) is 17.2 Å². The van der Waals surface area contributed by atoms with E-state index < -0.39 is 48.7 Å². The number of amides is 3. The highest BCUT2D eigenvalue weighted by Gasteiger charge is 2.37. The number of halogens is 5. The molecule has 67 heavy (non-hydrogen) atoms. The van der Waals surface area contributed by atoms with Gasteiger partial charge in [0.1, 0.15) is 30.3 Å². The number of alkyl halides is 5. The summed E-state index contributed by atoms with van der Waals surface area (Å²) in [5.41, 5.74) is 1.72. The first-order valence-electron chi connectivity index (χ1n) is 23.0. The van der Waals surface area contributed by atoms with Gasteiger partial charge in [-0.1, -0.05) is 24.0 Å². The van der Waals surface area contributed by atoms with Crippen LogP contribution in [0, 0.1) is 17.8 Å². The number of nitrogens with zero attached hydrogens (tertiary/aromatic N) is 9. The summed E-state index contributed by atoms with van der Waals surface area (Å²) in [5.74, 6) is 5.08. The minimum Gasteiger partial charge on any atom is -0.369 e. The number of hydrogen-bond donors (Lipinski definition) is 2. The maximum atomic E-state index is 15.6. The summed E-state index contributed by atoms with van der Waals surface area (Å²) >= 11 is 0. The predicted octanol–water partition coefficient (Wildman–Crippen LogP) is 6.00. The summed E-state index contributed by atoms with van der Waals surface area (Å²) in [5, 5.41) is 19.1. The highest BCUT2D eigenvalue weighted by Crippen LogP contribution is 2.41. The van der Waals surface area contributed by atoms with E-state index in [0.29, 0.717) is 56.8 Å². The third-order valence-electron chi connectivity index (χ3n) is 13.6. The normalized spacial score (nSPS) is 25.2. The largest absolute Gasteiger partial charge is 0.369 e. The molecule has 1 aromatic carbocycles. The van der Waals surface area contributed by atoms with Crippen LogP contribution in [0.3, 0.4) is 0 Å². The van der Waals surface area contributed by atoms with E-state index in [9.17, 15) is 31.9 Å². The Morgan fingerprint density at radius 2 is 1.81 bits per heavy atom. The summed E-state index contributed by atoms with van der Waals surface area (Å²) in [6, 6.07) is 7.38. The Morgan fingerprint density at radius 3 is 2.57 bits per heavy atom. The van der Waals surface area contributed by atoms with Crippen LogP contribution in [-0.4, -0.2) is 128 Å². The molecule has 16 nitrogen and oxygen atoms in total. The third-order valence-corrected chi connectivity index (χ3v) is 13.6. The van der Waals surface area contributed by atoms with Crippen molar-refractivity contribution in [3.63, 3.8) is 0 Å². The number of nitrogens with one attached hydrogen (secondary N) is 2. The molecule has 2 saturated carbocycles. The smallest absolute Gasteiger partial charge is 0.284 e. The number of hydrogen-bond acceptors (Lipinski definition) is 11. The molecular formula is C46H50F5N11O5. The fourth-order valence-electron chi connectivity index (χ4n) is 9.92. The monoisotopic (exact) mass is 931 g/mol. The van der Waals surface area contributed by atoms with Gasteiger partial charge in [-0.25, -0.2) is 31.5 Å². The van der Waals surface area contributed by atoms with E-state index in [-0.39, 0.29) is 79.4 Å². The second kappa shape index (κ2) is 19.0. The Bertz CT molecular complexity index is 2720. The van der Waals surface area contributed by atoms with E-state index in [1.165, 1.54) is 21.6 Å². The number of imide groups is 1. The standard InChI is InChI=1S/C46H50F5N11O5/c47-33-23-58(16-14-35(33)66-19-2-4-27-3-1-5-30-39(31-12-13-38(63)55-45(31)64)57-62(41(27)30)29-10-11-29)22-26-6-8-28(9-7-26)61-24-34(40(56-61)43(50)51)53-46(65)32-21-52-60-17-15-37(54-44(32)60)59-18-20-67-36(25-59)42(48)49/h1,3,5,15,17,21,24,26,28-29,31,33,35-36,42-43H,6-14,16,18-20,22-23,25H2,(H,53,65)(H,55,63,64)/t26?,28?,31?,33-,35+,36?/m1/s1. The number of likely N-dealkylation sites (tertiary alicyclic amines) is 1. The first-order valence-corrected chi connectivity index (χ1v) is 23.0. The number of ether oxygens (including phenoxy) is 2. The molecule has 7 heterocycles. The number of carbonyl (C=O) groups is 3. The van der Waals surface area contributed by atoms with Crippen molar-refractivity contribution in [2.24, 2.45) is 5.92 Å². The van der Waals surface area contributed by atoms with E-state index in [1.807, 2.05) is 22.9 Å². The first-order chi connectivity index (χ1) is 32.5. The Kier molecular flexibility index (Phi) is 12.7. The molecule has 2 aliphatic carbocycles. The van der Waals surface area contributed by atoms with Crippen LogP contribution in [0.4, 0.5) is 33.5 Å². The van der Waals surface area contributed by atoms with Crippen LogP contribution in [0.5, 0.6) is 0 Å². The second-order valence-corrected chi connectivity index (χ2v) is 18.1. The zero-order chi connectivity index (χ0) is 46.3. The molecule has 0 spiro atoms. The fraction of sp³-hybridized carbons (Fsp3) is 0.543. The summed E-state index contributed by atoms with van der Waals surface area (Å²) in [4.78, 5) is 46.3. The fourth-order valence-corrected chi connectivity index (χ4v) is 9.92. The number of rotatable bonds is 12. The molecule has 2 N–H and O–H groups in total. The molecule has 354 valence electrons. The molecule has 0 bridgehead atoms. The Morgan fingerprint density at radius 1 is 0.985 bits per heavy atom. The molecule has 3 amide bonds. The van der Waals surface area contributed by atoms with Crippen molar-refractivity contribution in [3.8, 4) is 11.8 Å². The highest BCUT2D eigenvalue weighted by molar-refractivity contribution is 6.08. The van der Waals surface area contributed by atoms with Crippen molar-refractivity contribution >= 4 is 45.8 Å². The SMILES string of the molecule is O=C1CCC(c2nn(C3CC3)c3c(C#CCO[C@H]4CCN(CC5CCC(n6cc(NC(=O)c7cnn8ccc(N9CCOC(C(F)F)C9)nc78)c(C(F)F)n6)CC5)C[C@H]4F)cccc23)C(=O)N1. The maximum Gasteiger partial charge on any atom is 0.284 e. The molecule has 10 rings (SSSR count). The first kappa shape index (κ1) is 44.8. The zero-order valence-corrected chi connectivity index (χ0v) is 36.5. The van der Waals surface area contributed by atoms with E-state index >= 15 is 4.39 Å². The second-order valence-electron chi connectivity index (χ2n) is 18.1. The Balaban J connectivity index is 0.712. The number of morpholine rings is 1. The van der Waals surface area contributed by atoms with Gasteiger partial charge in [0.25, 0.3) is 18.8 Å². The summed E-state index contributed by atoms with van der Waals surface area (Å²) < 4.78 is 86.8. The molecule has 5 aromatic rings. The highest BCUT2D eigenvalue weighted by atomic mass is 19.3. The summed E-state index contributed by atoms with van der Waals surface area (Å²) in [6.45, 7) is 1.97. The quantitative estimate of drug-likeness (QED) is 0.0856. The molecule has 21 heteroatoms. The number of piperidine rings is 2. The van der Waals surface area contributed by atoms with Gasteiger partial charge in [0, 0.05) is 50.4 Å². The van der Waals surface area contributed by atoms with Crippen molar-refractivity contribution in [2.45, 2.75) is 107 Å². The van der Waals surface area contributed by atoms with E-state index in [0.717, 1.165) is 42.1 Å². The van der Waals surface area contributed by atoms with Gasteiger partial charge in [0.2, 0.25) is 11.8 Å². The van der Waals surface area contributed by atoms with Crippen LogP contribution in [0.1, 0.15) is 110 Å². The van der Waals surface area contributed by atoms with Crippen LogP contribution in [0.15, 0.2) is 42.9 Å². The van der Waals surface area contributed by atoms with Crippen molar-refractivity contribution < 1.29 is 45.8 Å². The van der Waals surface area contributed by atoms with Gasteiger partial charge >= 0.3 is 0 Å². The molecule has 4 aromatic heterocycles. The van der Waals surface area contributed by atoms with E-state index in [4.69, 9.17) is 14.6 Å². The molecule has 4 atom stereocenters. The van der Waals surface area contributed by atoms with Crippen LogP contribution in [-0.2, 0) is 19.1 Å². The van der Waals surface area contributed by atoms with Gasteiger partial charge < -0.3 is 19.7 Å². The summed E-state index contributed by atoms with van der Waals surface area (Å²) in [7, 11) is 0. The van der Waals surface area contributed by atoms with Crippen LogP contribution >= 0.6 is 0 Å². The molecule has 2 unspecified atom stereocenters. The summed E-state index contributed by atoms with van der Waals surface area (Å²) in [6.07, 6.45) is 1.61. The zero-order valence-electron chi connectivity index (χ0n) is 36.5.